The van der Waals surface area contributed by atoms with Crippen molar-refractivity contribution in [1.29, 1.82) is 0 Å². The van der Waals surface area contributed by atoms with Gasteiger partial charge in [-0.25, -0.2) is 0 Å². The minimum absolute atomic E-state index is 0.0153. The summed E-state index contributed by atoms with van der Waals surface area (Å²) in [4.78, 5) is 21.6. The van der Waals surface area contributed by atoms with Crippen LogP contribution in [0.15, 0.2) is 11.4 Å². The number of nitrogens with zero attached hydrogens (tertiary/aromatic N) is 1. The Bertz CT molecular complexity index is 405. The maximum Gasteiger partial charge on any atom is 0.324 e. The second-order valence-electron chi connectivity index (χ2n) is 3.80. The average Bonchev–Trinajstić information content (AvgIpc) is 2.75. The lowest BCUT2D eigenvalue weighted by molar-refractivity contribution is -0.380. The lowest BCUT2D eigenvalue weighted by atomic mass is 10.2. The Balaban J connectivity index is 2.49. The largest absolute Gasteiger partial charge is 0.352 e. The van der Waals surface area contributed by atoms with Gasteiger partial charge in [-0.15, -0.1) is 0 Å². The number of carbonyl (C=O) groups is 1. The number of hydrogen-bond donors (Lipinski definition) is 2. The van der Waals surface area contributed by atoms with Crippen LogP contribution in [0.4, 0.5) is 5.00 Å². The van der Waals surface area contributed by atoms with Crippen LogP contribution in [0.1, 0.15) is 17.3 Å². The van der Waals surface area contributed by atoms with Gasteiger partial charge in [-0.1, -0.05) is 18.3 Å². The van der Waals surface area contributed by atoms with Crippen LogP contribution in [-0.4, -0.2) is 31.0 Å². The van der Waals surface area contributed by atoms with Gasteiger partial charge in [-0.2, -0.15) is 0 Å². The molecule has 17 heavy (non-hydrogen) atoms. The third-order valence-corrected chi connectivity index (χ3v) is 3.07. The zero-order valence-electron chi connectivity index (χ0n) is 9.73. The molecule has 94 valence electrons. The van der Waals surface area contributed by atoms with Gasteiger partial charge in [-0.3, -0.25) is 14.9 Å². The summed E-state index contributed by atoms with van der Waals surface area (Å²) in [5.41, 5.74) is 0.346. The van der Waals surface area contributed by atoms with E-state index in [-0.39, 0.29) is 10.9 Å². The molecule has 7 heteroatoms. The van der Waals surface area contributed by atoms with Crippen LogP contribution in [0.25, 0.3) is 0 Å². The predicted molar refractivity (Wildman–Crippen MR) is 66.4 cm³/mol. The molecule has 6 nitrogen and oxygen atoms in total. The van der Waals surface area contributed by atoms with Crippen molar-refractivity contribution in [3.63, 3.8) is 0 Å². The Morgan fingerprint density at radius 3 is 2.82 bits per heavy atom. The standard InChI is InChI=1S/C10H15N3O3S/c1-7(4-11-2)5-12-10(14)8-3-9(13(15)16)17-6-8/h3,6-7,11H,4-5H2,1-2H3,(H,12,14). The van der Waals surface area contributed by atoms with Gasteiger partial charge >= 0.3 is 5.00 Å². The maximum atomic E-state index is 11.6. The van der Waals surface area contributed by atoms with Crippen LogP contribution < -0.4 is 10.6 Å². The van der Waals surface area contributed by atoms with Gasteiger partial charge in [0, 0.05) is 18.0 Å². The smallest absolute Gasteiger partial charge is 0.324 e. The van der Waals surface area contributed by atoms with Crippen LogP contribution in [0.2, 0.25) is 0 Å². The molecule has 0 fully saturated rings. The van der Waals surface area contributed by atoms with E-state index in [4.69, 9.17) is 0 Å². The molecule has 1 aromatic rings. The van der Waals surface area contributed by atoms with Crippen molar-refractivity contribution in [3.8, 4) is 0 Å². The summed E-state index contributed by atoms with van der Waals surface area (Å²) in [5.74, 6) is 0.0508. The highest BCUT2D eigenvalue weighted by molar-refractivity contribution is 7.13. The molecule has 0 aliphatic carbocycles. The molecule has 0 bridgehead atoms. The number of amides is 1. The van der Waals surface area contributed by atoms with E-state index in [1.807, 2.05) is 14.0 Å². The fourth-order valence-electron chi connectivity index (χ4n) is 1.33. The topological polar surface area (TPSA) is 84.3 Å². The van der Waals surface area contributed by atoms with Gasteiger partial charge in [0.25, 0.3) is 5.91 Å². The lowest BCUT2D eigenvalue weighted by Crippen LogP contribution is -2.31. The summed E-state index contributed by atoms with van der Waals surface area (Å²) in [6.07, 6.45) is 0. The second kappa shape index (κ2) is 6.31. The van der Waals surface area contributed by atoms with Gasteiger partial charge in [0.2, 0.25) is 0 Å². The highest BCUT2D eigenvalue weighted by Crippen LogP contribution is 2.22. The van der Waals surface area contributed by atoms with Crippen molar-refractivity contribution in [2.24, 2.45) is 5.92 Å². The van der Waals surface area contributed by atoms with Crippen LogP contribution in [0, 0.1) is 16.0 Å². The highest BCUT2D eigenvalue weighted by Gasteiger charge is 2.15. The molecule has 1 aromatic heterocycles. The van der Waals surface area contributed by atoms with Gasteiger partial charge in [0.05, 0.1) is 10.5 Å². The number of thiophene rings is 1. The van der Waals surface area contributed by atoms with E-state index >= 15 is 0 Å². The minimum Gasteiger partial charge on any atom is -0.352 e. The molecule has 2 N–H and O–H groups in total. The second-order valence-corrected chi connectivity index (χ2v) is 4.69. The van der Waals surface area contributed by atoms with E-state index in [1.54, 1.807) is 0 Å². The summed E-state index contributed by atoms with van der Waals surface area (Å²) in [6.45, 7) is 3.36. The third kappa shape index (κ3) is 4.12. The Labute approximate surface area is 103 Å². The molecule has 1 rings (SSSR count). The highest BCUT2D eigenvalue weighted by atomic mass is 32.1. The van der Waals surface area contributed by atoms with Crippen molar-refractivity contribution < 1.29 is 9.72 Å². The summed E-state index contributed by atoms with van der Waals surface area (Å²) in [6, 6.07) is 1.29. The van der Waals surface area contributed by atoms with Crippen molar-refractivity contribution in [1.82, 2.24) is 10.6 Å². The average molecular weight is 257 g/mol. The van der Waals surface area contributed by atoms with E-state index < -0.39 is 4.92 Å². The first-order valence-corrected chi connectivity index (χ1v) is 6.08. The van der Waals surface area contributed by atoms with E-state index in [0.717, 1.165) is 17.9 Å². The van der Waals surface area contributed by atoms with Crippen molar-refractivity contribution in [2.75, 3.05) is 20.1 Å². The lowest BCUT2D eigenvalue weighted by Gasteiger charge is -2.11. The number of rotatable bonds is 6. The first-order chi connectivity index (χ1) is 8.04. The number of carbonyl (C=O) groups excluding carboxylic acids is 1. The Morgan fingerprint density at radius 2 is 2.29 bits per heavy atom. The van der Waals surface area contributed by atoms with Crippen molar-refractivity contribution >= 4 is 22.2 Å². The third-order valence-electron chi connectivity index (χ3n) is 2.19. The molecule has 0 saturated heterocycles. The maximum absolute atomic E-state index is 11.6. The van der Waals surface area contributed by atoms with E-state index in [9.17, 15) is 14.9 Å². The molecule has 1 heterocycles. The fraction of sp³-hybridized carbons (Fsp3) is 0.500. The molecule has 0 saturated carbocycles. The molecule has 1 unspecified atom stereocenters. The fourth-order valence-corrected chi connectivity index (χ4v) is 2.03. The van der Waals surface area contributed by atoms with Crippen molar-refractivity contribution in [3.05, 3.63) is 27.1 Å². The van der Waals surface area contributed by atoms with Crippen LogP contribution in [0.3, 0.4) is 0 Å². The van der Waals surface area contributed by atoms with E-state index in [2.05, 4.69) is 10.6 Å². The molecule has 0 aliphatic heterocycles. The summed E-state index contributed by atoms with van der Waals surface area (Å²) in [7, 11) is 1.85. The predicted octanol–water partition coefficient (Wildman–Crippen LogP) is 1.24. The Kier molecular flexibility index (Phi) is 5.05. The zero-order chi connectivity index (χ0) is 12.8. The van der Waals surface area contributed by atoms with Crippen LogP contribution in [0.5, 0.6) is 0 Å². The van der Waals surface area contributed by atoms with Gasteiger partial charge in [0.15, 0.2) is 0 Å². The normalized spacial score (nSPS) is 12.1. The first-order valence-electron chi connectivity index (χ1n) is 5.20. The first kappa shape index (κ1) is 13.6. The summed E-state index contributed by atoms with van der Waals surface area (Å²) >= 11 is 0.958. The molecule has 1 atom stereocenters. The van der Waals surface area contributed by atoms with Crippen LogP contribution >= 0.6 is 11.3 Å². The molecule has 0 aromatic carbocycles. The Hall–Kier alpha value is -1.47. The zero-order valence-corrected chi connectivity index (χ0v) is 10.5. The monoisotopic (exact) mass is 257 g/mol. The van der Waals surface area contributed by atoms with Crippen molar-refractivity contribution in [2.45, 2.75) is 6.92 Å². The van der Waals surface area contributed by atoms with Gasteiger partial charge in [-0.05, 0) is 19.5 Å². The molecule has 1 amide bonds. The van der Waals surface area contributed by atoms with Crippen LogP contribution in [-0.2, 0) is 0 Å². The molecular weight excluding hydrogens is 242 g/mol. The quantitative estimate of drug-likeness (QED) is 0.593. The van der Waals surface area contributed by atoms with E-state index in [0.29, 0.717) is 18.0 Å². The number of nitrogens with one attached hydrogen (secondary N) is 2. The minimum atomic E-state index is -0.495. The SMILES string of the molecule is CNCC(C)CNC(=O)c1csc([N+](=O)[O-])c1. The molecule has 0 radical (unpaired) electrons. The van der Waals surface area contributed by atoms with Gasteiger partial charge in [0.1, 0.15) is 0 Å². The van der Waals surface area contributed by atoms with Gasteiger partial charge < -0.3 is 10.6 Å². The van der Waals surface area contributed by atoms with E-state index in [1.165, 1.54) is 11.4 Å². The molecular formula is C10H15N3O3S. The summed E-state index contributed by atoms with van der Waals surface area (Å²) in [5, 5.41) is 17.7. The molecule has 0 aliphatic rings. The number of hydrogen-bond acceptors (Lipinski definition) is 5. The molecule has 0 spiro atoms. The number of nitro groups is 1. The summed E-state index contributed by atoms with van der Waals surface area (Å²) < 4.78 is 0. The Morgan fingerprint density at radius 1 is 1.59 bits per heavy atom.